The largest absolute Gasteiger partial charge is 0.345 e. The summed E-state index contributed by atoms with van der Waals surface area (Å²) in [5.41, 5.74) is -0.410. The molecule has 0 bridgehead atoms. The van der Waals surface area contributed by atoms with Crippen LogP contribution in [0.3, 0.4) is 0 Å². The molecule has 1 aromatic rings. The zero-order valence-corrected chi connectivity index (χ0v) is 7.09. The lowest BCUT2D eigenvalue weighted by atomic mass is 10.2. The van der Waals surface area contributed by atoms with Gasteiger partial charge in [-0.2, -0.15) is 0 Å². The van der Waals surface area contributed by atoms with Crippen LogP contribution < -0.4 is 5.32 Å². The Labute approximate surface area is 78.7 Å². The number of rotatable bonds is 3. The van der Waals surface area contributed by atoms with E-state index in [1.165, 1.54) is 6.07 Å². The van der Waals surface area contributed by atoms with Crippen molar-refractivity contribution < 1.29 is 18.4 Å². The number of benzene rings is 1. The molecule has 1 rings (SSSR count). The molecule has 0 fully saturated rings. The molecule has 74 valence electrons. The number of aldehydes is 1. The van der Waals surface area contributed by atoms with E-state index < -0.39 is 23.1 Å². The molecule has 0 radical (unpaired) electrons. The van der Waals surface area contributed by atoms with Gasteiger partial charge < -0.3 is 10.1 Å². The molecule has 0 aliphatic rings. The van der Waals surface area contributed by atoms with Crippen LogP contribution in [0.2, 0.25) is 0 Å². The molecule has 0 aromatic heterocycles. The van der Waals surface area contributed by atoms with Crippen LogP contribution in [0.5, 0.6) is 0 Å². The smallest absolute Gasteiger partial charge is 0.254 e. The molecule has 0 spiro atoms. The van der Waals surface area contributed by atoms with Gasteiger partial charge in [0.1, 0.15) is 6.29 Å². The van der Waals surface area contributed by atoms with Crippen molar-refractivity contribution in [2.45, 2.75) is 0 Å². The van der Waals surface area contributed by atoms with Crippen LogP contribution in [0.1, 0.15) is 10.4 Å². The minimum Gasteiger partial charge on any atom is -0.345 e. The third kappa shape index (κ3) is 2.12. The second-order valence-electron chi connectivity index (χ2n) is 2.48. The predicted molar refractivity (Wildman–Crippen MR) is 44.8 cm³/mol. The third-order valence-electron chi connectivity index (χ3n) is 1.54. The molecule has 0 aliphatic carbocycles. The Morgan fingerprint density at radius 3 is 2.79 bits per heavy atom. The number of halogens is 2. The maximum Gasteiger partial charge on any atom is 0.254 e. The highest BCUT2D eigenvalue weighted by molar-refractivity contribution is 5.95. The minimum atomic E-state index is -1.21. The van der Waals surface area contributed by atoms with Gasteiger partial charge in [-0.15, -0.1) is 0 Å². The number of hydrogen-bond donors (Lipinski definition) is 1. The molecular formula is C9H7F2NO2. The van der Waals surface area contributed by atoms with Gasteiger partial charge in [-0.1, -0.05) is 6.07 Å². The second-order valence-corrected chi connectivity index (χ2v) is 2.48. The van der Waals surface area contributed by atoms with Gasteiger partial charge in [0.15, 0.2) is 11.6 Å². The number of nitrogens with one attached hydrogen (secondary N) is 1. The van der Waals surface area contributed by atoms with E-state index in [-0.39, 0.29) is 6.54 Å². The molecule has 14 heavy (non-hydrogen) atoms. The van der Waals surface area contributed by atoms with E-state index in [2.05, 4.69) is 5.32 Å². The lowest BCUT2D eigenvalue weighted by molar-refractivity contribution is -0.107. The van der Waals surface area contributed by atoms with Gasteiger partial charge in [-0.05, 0) is 12.1 Å². The second kappa shape index (κ2) is 4.45. The molecule has 3 nitrogen and oxygen atoms in total. The van der Waals surface area contributed by atoms with Crippen molar-refractivity contribution in [3.63, 3.8) is 0 Å². The molecule has 0 aliphatic heterocycles. The summed E-state index contributed by atoms with van der Waals surface area (Å²) in [4.78, 5) is 21.0. The highest BCUT2D eigenvalue weighted by Crippen LogP contribution is 2.10. The van der Waals surface area contributed by atoms with Gasteiger partial charge in [-0.25, -0.2) is 8.78 Å². The first-order valence-electron chi connectivity index (χ1n) is 3.82. The molecule has 5 heteroatoms. The fraction of sp³-hybridized carbons (Fsp3) is 0.111. The van der Waals surface area contributed by atoms with Gasteiger partial charge >= 0.3 is 0 Å². The van der Waals surface area contributed by atoms with Gasteiger partial charge in [-0.3, -0.25) is 4.79 Å². The first-order chi connectivity index (χ1) is 6.66. The number of hydrogen-bond acceptors (Lipinski definition) is 2. The molecule has 1 N–H and O–H groups in total. The Bertz CT molecular complexity index is 366. The fourth-order valence-electron chi connectivity index (χ4n) is 0.909. The van der Waals surface area contributed by atoms with Crippen molar-refractivity contribution in [3.8, 4) is 0 Å². The summed E-state index contributed by atoms with van der Waals surface area (Å²) >= 11 is 0. The topological polar surface area (TPSA) is 46.2 Å². The van der Waals surface area contributed by atoms with Crippen LogP contribution in [-0.2, 0) is 4.79 Å². The van der Waals surface area contributed by atoms with Crippen LogP contribution in [0, 0.1) is 11.6 Å². The fourth-order valence-corrected chi connectivity index (χ4v) is 0.909. The highest BCUT2D eigenvalue weighted by Gasteiger charge is 2.13. The normalized spacial score (nSPS) is 9.57. The van der Waals surface area contributed by atoms with Gasteiger partial charge in [0, 0.05) is 0 Å². The van der Waals surface area contributed by atoms with Crippen molar-refractivity contribution in [3.05, 3.63) is 35.4 Å². The van der Waals surface area contributed by atoms with E-state index in [1.54, 1.807) is 0 Å². The summed E-state index contributed by atoms with van der Waals surface area (Å²) in [6.07, 6.45) is 0.453. The monoisotopic (exact) mass is 199 g/mol. The first-order valence-corrected chi connectivity index (χ1v) is 3.82. The summed E-state index contributed by atoms with van der Waals surface area (Å²) in [5, 5.41) is 2.10. The van der Waals surface area contributed by atoms with Gasteiger partial charge in [0.2, 0.25) is 0 Å². The predicted octanol–water partition coefficient (Wildman–Crippen LogP) is 0.894. The van der Waals surface area contributed by atoms with Crippen LogP contribution in [0.25, 0.3) is 0 Å². The van der Waals surface area contributed by atoms with Crippen molar-refractivity contribution in [2.75, 3.05) is 6.54 Å². The van der Waals surface area contributed by atoms with Crippen molar-refractivity contribution in [2.24, 2.45) is 0 Å². The van der Waals surface area contributed by atoms with E-state index in [4.69, 9.17) is 0 Å². The van der Waals surface area contributed by atoms with E-state index in [9.17, 15) is 18.4 Å². The molecule has 0 unspecified atom stereocenters. The van der Waals surface area contributed by atoms with E-state index in [1.807, 2.05) is 0 Å². The quantitative estimate of drug-likeness (QED) is 0.735. The third-order valence-corrected chi connectivity index (χ3v) is 1.54. The molecule has 0 heterocycles. The first kappa shape index (κ1) is 10.3. The summed E-state index contributed by atoms with van der Waals surface area (Å²) < 4.78 is 25.6. The molecule has 1 amide bonds. The standard InChI is InChI=1S/C9H7F2NO2/c10-7-3-1-2-6(8(7)11)9(14)12-4-5-13/h1-3,5H,4H2,(H,12,14). The zero-order valence-electron chi connectivity index (χ0n) is 7.09. The highest BCUT2D eigenvalue weighted by atomic mass is 19.2. The summed E-state index contributed by atoms with van der Waals surface area (Å²) in [5.74, 6) is -3.12. The number of amides is 1. The van der Waals surface area contributed by atoms with Gasteiger partial charge in [0.05, 0.1) is 12.1 Å². The Kier molecular flexibility index (Phi) is 3.28. The van der Waals surface area contributed by atoms with E-state index in [0.29, 0.717) is 6.29 Å². The number of carbonyl (C=O) groups excluding carboxylic acids is 2. The summed E-state index contributed by atoms with van der Waals surface area (Å²) in [7, 11) is 0. The molecule has 1 aromatic carbocycles. The van der Waals surface area contributed by atoms with Gasteiger partial charge in [0.25, 0.3) is 5.91 Å². The zero-order chi connectivity index (χ0) is 10.6. The van der Waals surface area contributed by atoms with E-state index in [0.717, 1.165) is 12.1 Å². The van der Waals surface area contributed by atoms with Crippen molar-refractivity contribution in [1.29, 1.82) is 0 Å². The number of carbonyl (C=O) groups is 2. The maximum absolute atomic E-state index is 13.0. The molecule has 0 saturated carbocycles. The van der Waals surface area contributed by atoms with Crippen LogP contribution in [0.15, 0.2) is 18.2 Å². The van der Waals surface area contributed by atoms with Crippen LogP contribution in [0.4, 0.5) is 8.78 Å². The lowest BCUT2D eigenvalue weighted by Gasteiger charge is -2.02. The van der Waals surface area contributed by atoms with Crippen LogP contribution in [-0.4, -0.2) is 18.7 Å². The SMILES string of the molecule is O=CCNC(=O)c1cccc(F)c1F. The van der Waals surface area contributed by atoms with Crippen LogP contribution >= 0.6 is 0 Å². The minimum absolute atomic E-state index is 0.227. The van der Waals surface area contributed by atoms with E-state index >= 15 is 0 Å². The average Bonchev–Trinajstić information content (AvgIpc) is 2.18. The maximum atomic E-state index is 13.0. The Balaban J connectivity index is 2.89. The summed E-state index contributed by atoms with van der Waals surface area (Å²) in [6, 6.07) is 3.26. The molecular weight excluding hydrogens is 192 g/mol. The van der Waals surface area contributed by atoms with Crippen molar-refractivity contribution in [1.82, 2.24) is 5.32 Å². The average molecular weight is 199 g/mol. The lowest BCUT2D eigenvalue weighted by Crippen LogP contribution is -2.26. The Hall–Kier alpha value is -1.78. The van der Waals surface area contributed by atoms with Crippen molar-refractivity contribution >= 4 is 12.2 Å². The molecule has 0 saturated heterocycles. The Morgan fingerprint density at radius 2 is 2.14 bits per heavy atom. The Morgan fingerprint density at radius 1 is 1.43 bits per heavy atom. The molecule has 0 atom stereocenters. The summed E-state index contributed by atoms with van der Waals surface area (Å²) in [6.45, 7) is -0.227.